The highest BCUT2D eigenvalue weighted by Gasteiger charge is 1.99. The van der Waals surface area contributed by atoms with E-state index in [-0.39, 0.29) is 0 Å². The molecule has 2 N–H and O–H groups in total. The smallest absolute Gasteiger partial charge is 0.354 e. The third-order valence-corrected chi connectivity index (χ3v) is 1.21. The molecule has 12 heavy (non-hydrogen) atoms. The van der Waals surface area contributed by atoms with Crippen LogP contribution >= 0.6 is 0 Å². The van der Waals surface area contributed by atoms with Crippen LogP contribution in [-0.2, 0) is 4.84 Å². The van der Waals surface area contributed by atoms with Gasteiger partial charge in [-0.05, 0) is 12.1 Å². The Morgan fingerprint density at radius 3 is 2.58 bits per heavy atom. The number of benzene rings is 1. The van der Waals surface area contributed by atoms with Crippen molar-refractivity contribution >= 4 is 11.8 Å². The van der Waals surface area contributed by atoms with Gasteiger partial charge in [-0.15, -0.1) is 0 Å². The Morgan fingerprint density at radius 2 is 2.00 bits per heavy atom. The van der Waals surface area contributed by atoms with E-state index in [1.807, 2.05) is 18.2 Å². The summed E-state index contributed by atoms with van der Waals surface area (Å²) in [5.74, 6) is 0. The second-order valence-corrected chi connectivity index (χ2v) is 2.08. The molecule has 0 saturated heterocycles. The summed E-state index contributed by atoms with van der Waals surface area (Å²) in [4.78, 5) is 15.3. The molecule has 0 aliphatic heterocycles. The molecule has 0 spiro atoms. The first-order chi connectivity index (χ1) is 5.83. The summed E-state index contributed by atoms with van der Waals surface area (Å²) < 4.78 is 0. The van der Waals surface area contributed by atoms with Gasteiger partial charge in [0.15, 0.2) is 0 Å². The Morgan fingerprint density at radius 1 is 1.33 bits per heavy atom. The maximum absolute atomic E-state index is 10.8. The normalized spacial score (nSPS) is 9.08. The number of nitrogens with one attached hydrogen (secondary N) is 2. The topological polar surface area (TPSA) is 50.4 Å². The number of hydrogen-bond donors (Lipinski definition) is 2. The van der Waals surface area contributed by atoms with Crippen molar-refractivity contribution < 1.29 is 9.63 Å². The second-order valence-electron chi connectivity index (χ2n) is 2.08. The number of rotatable bonds is 2. The average Bonchev–Trinajstić information content (AvgIpc) is 2.06. The molecule has 0 saturated carbocycles. The molecule has 0 aliphatic rings. The molecule has 0 unspecified atom stereocenters. The first-order valence-electron chi connectivity index (χ1n) is 3.52. The molecule has 0 aliphatic carbocycles. The monoisotopic (exact) mass is 166 g/mol. The zero-order valence-electron chi connectivity index (χ0n) is 6.70. The minimum absolute atomic E-state index is 0.524. The lowest BCUT2D eigenvalue weighted by atomic mass is 10.3. The molecular weight excluding hydrogens is 156 g/mol. The molecule has 1 rings (SSSR count). The lowest BCUT2D eigenvalue weighted by molar-refractivity contribution is 0.117. The van der Waals surface area contributed by atoms with E-state index in [9.17, 15) is 4.79 Å². The maximum Gasteiger partial charge on any atom is 0.430 e. The summed E-state index contributed by atoms with van der Waals surface area (Å²) in [5, 5.41) is 2.52. The molecule has 4 nitrogen and oxygen atoms in total. The van der Waals surface area contributed by atoms with Gasteiger partial charge in [-0.25, -0.2) is 4.79 Å². The number of para-hydroxylation sites is 1. The zero-order chi connectivity index (χ0) is 8.81. The Balaban J connectivity index is 2.47. The van der Waals surface area contributed by atoms with Crippen LogP contribution in [0.15, 0.2) is 30.3 Å². The Hall–Kier alpha value is -1.55. The number of hydroxylamine groups is 1. The number of carbonyl (C=O) groups is 1. The third-order valence-electron chi connectivity index (χ3n) is 1.21. The number of amides is 1. The maximum atomic E-state index is 10.8. The molecule has 4 heteroatoms. The van der Waals surface area contributed by atoms with Gasteiger partial charge in [-0.1, -0.05) is 18.2 Å². The number of carbonyl (C=O) groups excluding carboxylic acids is 1. The van der Waals surface area contributed by atoms with Crippen molar-refractivity contribution in [2.24, 2.45) is 0 Å². The highest BCUT2D eigenvalue weighted by atomic mass is 16.7. The fraction of sp³-hybridized carbons (Fsp3) is 0.125. The predicted octanol–water partition coefficient (Wildman–Crippen LogP) is 1.37. The molecule has 1 aromatic carbocycles. The van der Waals surface area contributed by atoms with Gasteiger partial charge in [-0.2, -0.15) is 5.48 Å². The second kappa shape index (κ2) is 4.35. The van der Waals surface area contributed by atoms with Crippen molar-refractivity contribution in [1.82, 2.24) is 5.48 Å². The molecule has 0 atom stereocenters. The summed E-state index contributed by atoms with van der Waals surface area (Å²) in [7, 11) is 1.52. The lowest BCUT2D eigenvalue weighted by Crippen LogP contribution is -2.20. The average molecular weight is 166 g/mol. The van der Waals surface area contributed by atoms with Gasteiger partial charge >= 0.3 is 6.09 Å². The van der Waals surface area contributed by atoms with Gasteiger partial charge in [0, 0.05) is 12.7 Å². The minimum atomic E-state index is -0.524. The summed E-state index contributed by atoms with van der Waals surface area (Å²) >= 11 is 0. The first kappa shape index (κ1) is 8.55. The molecule has 1 aromatic rings. The fourth-order valence-electron chi connectivity index (χ4n) is 0.758. The lowest BCUT2D eigenvalue weighted by Gasteiger charge is -2.03. The summed E-state index contributed by atoms with van der Waals surface area (Å²) in [5.41, 5.74) is 2.98. The highest BCUT2D eigenvalue weighted by Crippen LogP contribution is 2.04. The Bertz CT molecular complexity index is 248. The van der Waals surface area contributed by atoms with Crippen LogP contribution in [0.1, 0.15) is 0 Å². The Kier molecular flexibility index (Phi) is 3.10. The molecule has 0 fully saturated rings. The van der Waals surface area contributed by atoms with E-state index in [2.05, 4.69) is 15.6 Å². The van der Waals surface area contributed by atoms with Crippen LogP contribution < -0.4 is 10.8 Å². The van der Waals surface area contributed by atoms with Gasteiger partial charge < -0.3 is 4.84 Å². The van der Waals surface area contributed by atoms with Gasteiger partial charge in [0.05, 0.1) is 0 Å². The molecule has 0 radical (unpaired) electrons. The Labute approximate surface area is 70.5 Å². The van der Waals surface area contributed by atoms with E-state index >= 15 is 0 Å². The van der Waals surface area contributed by atoms with Crippen LogP contribution in [0.3, 0.4) is 0 Å². The van der Waals surface area contributed by atoms with Crippen LogP contribution in [-0.4, -0.2) is 13.1 Å². The van der Waals surface area contributed by atoms with Crippen LogP contribution in [0.25, 0.3) is 0 Å². The van der Waals surface area contributed by atoms with Crippen molar-refractivity contribution in [2.45, 2.75) is 0 Å². The minimum Gasteiger partial charge on any atom is -0.354 e. The van der Waals surface area contributed by atoms with Gasteiger partial charge in [0.25, 0.3) is 0 Å². The van der Waals surface area contributed by atoms with E-state index in [4.69, 9.17) is 0 Å². The van der Waals surface area contributed by atoms with Crippen LogP contribution in [0.5, 0.6) is 0 Å². The van der Waals surface area contributed by atoms with E-state index in [1.54, 1.807) is 12.1 Å². The standard InChI is InChI=1S/C8H10N2O2/c1-9-12-8(11)10-7-5-3-2-4-6-7/h2-6,9H,1H3,(H,10,11). The summed E-state index contributed by atoms with van der Waals surface area (Å²) in [6, 6.07) is 9.08. The fourth-order valence-corrected chi connectivity index (χ4v) is 0.758. The van der Waals surface area contributed by atoms with Crippen molar-refractivity contribution in [3.05, 3.63) is 30.3 Å². The molecular formula is C8H10N2O2. The quantitative estimate of drug-likeness (QED) is 0.652. The first-order valence-corrected chi connectivity index (χ1v) is 3.52. The molecule has 0 bridgehead atoms. The number of hydrogen-bond acceptors (Lipinski definition) is 3. The van der Waals surface area contributed by atoms with Crippen molar-refractivity contribution in [2.75, 3.05) is 12.4 Å². The molecule has 0 aromatic heterocycles. The molecule has 1 amide bonds. The predicted molar refractivity (Wildman–Crippen MR) is 45.6 cm³/mol. The summed E-state index contributed by atoms with van der Waals surface area (Å²) in [6.45, 7) is 0. The zero-order valence-corrected chi connectivity index (χ0v) is 6.70. The van der Waals surface area contributed by atoms with E-state index in [1.165, 1.54) is 7.05 Å². The van der Waals surface area contributed by atoms with Crippen molar-refractivity contribution in [3.8, 4) is 0 Å². The van der Waals surface area contributed by atoms with Gasteiger partial charge in [-0.3, -0.25) is 5.32 Å². The van der Waals surface area contributed by atoms with Gasteiger partial charge in [0.2, 0.25) is 0 Å². The number of anilines is 1. The SMILES string of the molecule is CNOC(=O)Nc1ccccc1. The molecule has 64 valence electrons. The highest BCUT2D eigenvalue weighted by molar-refractivity contribution is 5.84. The van der Waals surface area contributed by atoms with Crippen molar-refractivity contribution in [1.29, 1.82) is 0 Å². The van der Waals surface area contributed by atoms with E-state index < -0.39 is 6.09 Å². The summed E-state index contributed by atoms with van der Waals surface area (Å²) in [6.07, 6.45) is -0.524. The van der Waals surface area contributed by atoms with E-state index in [0.29, 0.717) is 5.69 Å². The molecule has 0 heterocycles. The van der Waals surface area contributed by atoms with Gasteiger partial charge in [0.1, 0.15) is 0 Å². The third kappa shape index (κ3) is 2.59. The van der Waals surface area contributed by atoms with Crippen molar-refractivity contribution in [3.63, 3.8) is 0 Å². The van der Waals surface area contributed by atoms with Crippen LogP contribution in [0.4, 0.5) is 10.5 Å². The van der Waals surface area contributed by atoms with E-state index in [0.717, 1.165) is 0 Å². The van der Waals surface area contributed by atoms with Crippen LogP contribution in [0, 0.1) is 0 Å². The largest absolute Gasteiger partial charge is 0.430 e. The van der Waals surface area contributed by atoms with Crippen LogP contribution in [0.2, 0.25) is 0 Å².